The van der Waals surface area contributed by atoms with Crippen molar-refractivity contribution in [3.8, 4) is 0 Å². The first-order valence-corrected chi connectivity index (χ1v) is 6.52. The number of hydrogen-bond donors (Lipinski definition) is 1. The lowest BCUT2D eigenvalue weighted by Gasteiger charge is -2.37. The number of benzene rings is 1. The van der Waals surface area contributed by atoms with Gasteiger partial charge in [0.15, 0.2) is 0 Å². The van der Waals surface area contributed by atoms with Gasteiger partial charge in [-0.2, -0.15) is 0 Å². The normalized spacial score (nSPS) is 29.6. The minimum atomic E-state index is -0.824. The first kappa shape index (κ1) is 12.5. The van der Waals surface area contributed by atoms with Crippen LogP contribution in [0.1, 0.15) is 36.0 Å². The third kappa shape index (κ3) is 2.12. The summed E-state index contributed by atoms with van der Waals surface area (Å²) < 4.78 is 26.5. The van der Waals surface area contributed by atoms with E-state index in [1.165, 1.54) is 6.07 Å². The Balaban J connectivity index is 1.88. The van der Waals surface area contributed by atoms with Crippen LogP contribution in [0.4, 0.5) is 8.78 Å². The van der Waals surface area contributed by atoms with E-state index >= 15 is 0 Å². The van der Waals surface area contributed by atoms with Crippen LogP contribution in [-0.4, -0.2) is 34.1 Å². The fourth-order valence-corrected chi connectivity index (χ4v) is 3.28. The summed E-state index contributed by atoms with van der Waals surface area (Å²) in [6.45, 7) is 0. The molecule has 2 aliphatic heterocycles. The molecule has 2 saturated heterocycles. The van der Waals surface area contributed by atoms with Crippen molar-refractivity contribution in [1.29, 1.82) is 0 Å². The van der Waals surface area contributed by atoms with E-state index in [1.54, 1.807) is 4.90 Å². The largest absolute Gasteiger partial charge is 0.393 e. The average Bonchev–Trinajstić information content (AvgIpc) is 2.61. The minimum Gasteiger partial charge on any atom is -0.393 e. The number of rotatable bonds is 1. The molecule has 2 atom stereocenters. The van der Waals surface area contributed by atoms with Crippen molar-refractivity contribution in [1.82, 2.24) is 4.90 Å². The minimum absolute atomic E-state index is 0.0225. The first-order valence-electron chi connectivity index (χ1n) is 6.52. The van der Waals surface area contributed by atoms with Crippen molar-refractivity contribution in [3.05, 3.63) is 35.4 Å². The highest BCUT2D eigenvalue weighted by Gasteiger charge is 2.43. The van der Waals surface area contributed by atoms with Crippen molar-refractivity contribution >= 4 is 5.91 Å². The number of halogens is 2. The smallest absolute Gasteiger partial charge is 0.257 e. The molecule has 0 spiro atoms. The predicted octanol–water partition coefficient (Wildman–Crippen LogP) is 2.09. The van der Waals surface area contributed by atoms with Gasteiger partial charge in [0.05, 0.1) is 11.7 Å². The van der Waals surface area contributed by atoms with Gasteiger partial charge in [-0.15, -0.1) is 0 Å². The lowest BCUT2D eigenvalue weighted by atomic mass is 9.98. The maximum Gasteiger partial charge on any atom is 0.257 e. The Labute approximate surface area is 109 Å². The highest BCUT2D eigenvalue weighted by molar-refractivity contribution is 5.95. The number of aliphatic hydroxyl groups is 1. The Kier molecular flexibility index (Phi) is 3.01. The summed E-state index contributed by atoms with van der Waals surface area (Å²) in [5.41, 5.74) is -0.0883. The van der Waals surface area contributed by atoms with Crippen LogP contribution in [0.5, 0.6) is 0 Å². The van der Waals surface area contributed by atoms with Crippen LogP contribution in [0.25, 0.3) is 0 Å². The Morgan fingerprint density at radius 2 is 1.84 bits per heavy atom. The van der Waals surface area contributed by atoms with Gasteiger partial charge in [0.2, 0.25) is 0 Å². The molecule has 3 rings (SSSR count). The molecule has 19 heavy (non-hydrogen) atoms. The zero-order valence-corrected chi connectivity index (χ0v) is 10.4. The second-order valence-corrected chi connectivity index (χ2v) is 5.35. The molecule has 1 amide bonds. The van der Waals surface area contributed by atoms with E-state index in [1.807, 2.05) is 0 Å². The molecule has 0 aliphatic carbocycles. The van der Waals surface area contributed by atoms with Crippen LogP contribution in [0.15, 0.2) is 18.2 Å². The fourth-order valence-electron chi connectivity index (χ4n) is 3.28. The number of piperidine rings is 1. The number of amides is 1. The predicted molar refractivity (Wildman–Crippen MR) is 64.6 cm³/mol. The van der Waals surface area contributed by atoms with Crippen LogP contribution in [-0.2, 0) is 0 Å². The molecule has 0 saturated carbocycles. The van der Waals surface area contributed by atoms with Crippen molar-refractivity contribution in [2.45, 2.75) is 43.9 Å². The summed E-state index contributed by atoms with van der Waals surface area (Å²) in [6.07, 6.45) is 2.41. The topological polar surface area (TPSA) is 40.5 Å². The number of aliphatic hydroxyl groups excluding tert-OH is 1. The molecule has 1 aromatic rings. The summed E-state index contributed by atoms with van der Waals surface area (Å²) in [4.78, 5) is 14.1. The Hall–Kier alpha value is -1.49. The molecule has 3 nitrogen and oxygen atoms in total. The van der Waals surface area contributed by atoms with E-state index in [2.05, 4.69) is 0 Å². The van der Waals surface area contributed by atoms with Gasteiger partial charge in [0.25, 0.3) is 5.91 Å². The zero-order valence-electron chi connectivity index (χ0n) is 10.4. The first-order chi connectivity index (χ1) is 9.06. The van der Waals surface area contributed by atoms with Gasteiger partial charge in [-0.05, 0) is 37.8 Å². The maximum absolute atomic E-state index is 13.7. The molecule has 102 valence electrons. The lowest BCUT2D eigenvalue weighted by Crippen LogP contribution is -2.48. The summed E-state index contributed by atoms with van der Waals surface area (Å²) in [5, 5.41) is 9.69. The Morgan fingerprint density at radius 1 is 1.21 bits per heavy atom. The van der Waals surface area contributed by atoms with Crippen LogP contribution in [0.3, 0.4) is 0 Å². The molecule has 2 unspecified atom stereocenters. The van der Waals surface area contributed by atoms with Gasteiger partial charge in [-0.3, -0.25) is 4.79 Å². The number of hydrogen-bond acceptors (Lipinski definition) is 2. The highest BCUT2D eigenvalue weighted by Crippen LogP contribution is 2.37. The molecule has 2 aliphatic rings. The van der Waals surface area contributed by atoms with Crippen LogP contribution in [0, 0.1) is 11.6 Å². The molecule has 1 N–H and O–H groups in total. The van der Waals surface area contributed by atoms with Crippen molar-refractivity contribution in [2.75, 3.05) is 0 Å². The standard InChI is InChI=1S/C14H15F2NO2/c15-8-1-4-12(13(16)5-8)14(19)17-9-2-3-10(17)7-11(18)6-9/h1,4-5,9-11,18H,2-3,6-7H2. The number of carbonyl (C=O) groups excluding carboxylic acids is 1. The summed E-state index contributed by atoms with van der Waals surface area (Å²) in [5.74, 6) is -1.90. The summed E-state index contributed by atoms with van der Waals surface area (Å²) in [6, 6.07) is 2.97. The van der Waals surface area contributed by atoms with Gasteiger partial charge < -0.3 is 10.0 Å². The van der Waals surface area contributed by atoms with Gasteiger partial charge in [-0.25, -0.2) is 8.78 Å². The third-order valence-electron chi connectivity index (χ3n) is 4.10. The molecule has 0 aromatic heterocycles. The quantitative estimate of drug-likeness (QED) is 0.846. The van der Waals surface area contributed by atoms with Crippen LogP contribution >= 0.6 is 0 Å². The maximum atomic E-state index is 13.7. The fraction of sp³-hybridized carbons (Fsp3) is 0.500. The second kappa shape index (κ2) is 4.56. The van der Waals surface area contributed by atoms with Crippen molar-refractivity contribution < 1.29 is 18.7 Å². The Bertz CT molecular complexity index is 506. The van der Waals surface area contributed by atoms with E-state index in [9.17, 15) is 18.7 Å². The number of fused-ring (bicyclic) bond motifs is 2. The van der Waals surface area contributed by atoms with Crippen molar-refractivity contribution in [3.63, 3.8) is 0 Å². The van der Waals surface area contributed by atoms with Gasteiger partial charge in [0.1, 0.15) is 11.6 Å². The van der Waals surface area contributed by atoms with E-state index in [4.69, 9.17) is 0 Å². The third-order valence-corrected chi connectivity index (χ3v) is 4.10. The molecular weight excluding hydrogens is 252 g/mol. The van der Waals surface area contributed by atoms with E-state index in [-0.39, 0.29) is 23.8 Å². The van der Waals surface area contributed by atoms with Gasteiger partial charge >= 0.3 is 0 Å². The summed E-state index contributed by atoms with van der Waals surface area (Å²) >= 11 is 0. The monoisotopic (exact) mass is 267 g/mol. The summed E-state index contributed by atoms with van der Waals surface area (Å²) in [7, 11) is 0. The molecule has 2 heterocycles. The second-order valence-electron chi connectivity index (χ2n) is 5.35. The van der Waals surface area contributed by atoms with Gasteiger partial charge in [0, 0.05) is 18.2 Å². The molecular formula is C14H15F2NO2. The molecule has 2 fully saturated rings. The zero-order chi connectivity index (χ0) is 13.6. The number of carbonyl (C=O) groups is 1. The lowest BCUT2D eigenvalue weighted by molar-refractivity contribution is 0.0283. The molecule has 0 radical (unpaired) electrons. The molecule has 2 bridgehead atoms. The highest BCUT2D eigenvalue weighted by atomic mass is 19.1. The van der Waals surface area contributed by atoms with Gasteiger partial charge in [-0.1, -0.05) is 0 Å². The van der Waals surface area contributed by atoms with E-state index in [0.29, 0.717) is 12.8 Å². The van der Waals surface area contributed by atoms with Crippen molar-refractivity contribution in [2.24, 2.45) is 0 Å². The molecule has 5 heteroatoms. The molecule has 1 aromatic carbocycles. The van der Waals surface area contributed by atoms with Crippen LogP contribution in [0.2, 0.25) is 0 Å². The SMILES string of the molecule is O=C(c1ccc(F)cc1F)N1C2CCC1CC(O)C2. The Morgan fingerprint density at radius 3 is 2.42 bits per heavy atom. The number of nitrogens with zero attached hydrogens (tertiary/aromatic N) is 1. The average molecular weight is 267 g/mol. The van der Waals surface area contributed by atoms with E-state index in [0.717, 1.165) is 25.0 Å². The van der Waals surface area contributed by atoms with E-state index < -0.39 is 17.5 Å². The van der Waals surface area contributed by atoms with Crippen LogP contribution < -0.4 is 0 Å².